The van der Waals surface area contributed by atoms with Crippen molar-refractivity contribution in [3.8, 4) is 0 Å². The maximum atomic E-state index is 13.8. The fraction of sp³-hybridized carbons (Fsp3) is 0.278. The molecule has 3 aromatic rings. The molecule has 0 bridgehead atoms. The molecular weight excluding hydrogens is 394 g/mol. The SMILES string of the molecule is COCCn1nc(C)cc1Nc1nc(=O)c(F)cn1Cc1cc(F)c(F)c(F)c1. The van der Waals surface area contributed by atoms with E-state index in [2.05, 4.69) is 15.4 Å². The van der Waals surface area contributed by atoms with Gasteiger partial charge in [0.05, 0.1) is 25.4 Å². The van der Waals surface area contributed by atoms with Gasteiger partial charge in [-0.1, -0.05) is 0 Å². The highest BCUT2D eigenvalue weighted by Crippen LogP contribution is 2.19. The topological polar surface area (TPSA) is 74.0 Å². The fourth-order valence-electron chi connectivity index (χ4n) is 2.69. The normalized spacial score (nSPS) is 11.1. The van der Waals surface area contributed by atoms with Crippen molar-refractivity contribution in [2.75, 3.05) is 19.0 Å². The summed E-state index contributed by atoms with van der Waals surface area (Å²) >= 11 is 0. The number of aryl methyl sites for hydroxylation is 1. The van der Waals surface area contributed by atoms with Crippen LogP contribution in [0.2, 0.25) is 0 Å². The number of nitrogens with zero attached hydrogens (tertiary/aromatic N) is 4. The lowest BCUT2D eigenvalue weighted by atomic mass is 10.2. The first kappa shape index (κ1) is 20.5. The van der Waals surface area contributed by atoms with Gasteiger partial charge >= 0.3 is 5.56 Å². The molecule has 3 rings (SSSR count). The van der Waals surface area contributed by atoms with Crippen LogP contribution in [-0.4, -0.2) is 33.0 Å². The van der Waals surface area contributed by atoms with E-state index < -0.39 is 28.8 Å². The van der Waals surface area contributed by atoms with Crippen molar-refractivity contribution < 1.29 is 22.3 Å². The van der Waals surface area contributed by atoms with Crippen molar-refractivity contribution in [3.05, 3.63) is 69.3 Å². The molecule has 0 aliphatic heterocycles. The summed E-state index contributed by atoms with van der Waals surface area (Å²) in [5.41, 5.74) is -0.430. The van der Waals surface area contributed by atoms with E-state index in [0.29, 0.717) is 24.7 Å². The Morgan fingerprint density at radius 2 is 1.79 bits per heavy atom. The molecule has 0 saturated carbocycles. The minimum Gasteiger partial charge on any atom is -0.383 e. The lowest BCUT2D eigenvalue weighted by Gasteiger charge is -2.15. The number of anilines is 2. The Morgan fingerprint density at radius 1 is 1.10 bits per heavy atom. The zero-order valence-corrected chi connectivity index (χ0v) is 15.5. The van der Waals surface area contributed by atoms with Gasteiger partial charge in [-0.05, 0) is 24.6 Å². The number of ether oxygens (including phenoxy) is 1. The molecule has 0 saturated heterocycles. The van der Waals surface area contributed by atoms with Gasteiger partial charge in [0.25, 0.3) is 0 Å². The van der Waals surface area contributed by atoms with Crippen LogP contribution in [0.5, 0.6) is 0 Å². The third-order valence-corrected chi connectivity index (χ3v) is 4.00. The molecule has 0 aliphatic carbocycles. The number of hydrogen-bond donors (Lipinski definition) is 1. The first-order valence-corrected chi connectivity index (χ1v) is 8.49. The number of hydrogen-bond acceptors (Lipinski definition) is 5. The molecule has 0 radical (unpaired) electrons. The van der Waals surface area contributed by atoms with E-state index >= 15 is 0 Å². The van der Waals surface area contributed by atoms with E-state index in [9.17, 15) is 22.4 Å². The van der Waals surface area contributed by atoms with Gasteiger partial charge in [-0.15, -0.1) is 0 Å². The summed E-state index contributed by atoms with van der Waals surface area (Å²) < 4.78 is 61.7. The van der Waals surface area contributed by atoms with Gasteiger partial charge in [0.1, 0.15) is 5.82 Å². The van der Waals surface area contributed by atoms with E-state index in [0.717, 1.165) is 22.9 Å². The van der Waals surface area contributed by atoms with Crippen molar-refractivity contribution in [1.29, 1.82) is 0 Å². The zero-order chi connectivity index (χ0) is 21.1. The Hall–Kier alpha value is -3.21. The zero-order valence-electron chi connectivity index (χ0n) is 15.5. The van der Waals surface area contributed by atoms with Crippen LogP contribution < -0.4 is 10.9 Å². The molecule has 154 valence electrons. The van der Waals surface area contributed by atoms with Crippen molar-refractivity contribution in [2.45, 2.75) is 20.0 Å². The smallest absolute Gasteiger partial charge is 0.310 e. The number of methoxy groups -OCH3 is 1. The minimum atomic E-state index is -1.60. The Labute approximate surface area is 162 Å². The van der Waals surface area contributed by atoms with Gasteiger partial charge in [-0.25, -0.2) is 17.9 Å². The lowest BCUT2D eigenvalue weighted by Crippen LogP contribution is -2.21. The highest BCUT2D eigenvalue weighted by molar-refractivity contribution is 5.49. The second-order valence-electron chi connectivity index (χ2n) is 6.23. The Bertz CT molecular complexity index is 1070. The van der Waals surface area contributed by atoms with Crippen molar-refractivity contribution in [2.24, 2.45) is 0 Å². The van der Waals surface area contributed by atoms with Crippen LogP contribution in [0.1, 0.15) is 11.3 Å². The second-order valence-corrected chi connectivity index (χ2v) is 6.23. The van der Waals surface area contributed by atoms with Crippen LogP contribution in [-0.2, 0) is 17.8 Å². The van der Waals surface area contributed by atoms with Crippen LogP contribution in [0.4, 0.5) is 29.3 Å². The Morgan fingerprint density at radius 3 is 2.45 bits per heavy atom. The van der Waals surface area contributed by atoms with Gasteiger partial charge in [0.15, 0.2) is 17.5 Å². The Balaban J connectivity index is 1.98. The number of halogens is 4. The summed E-state index contributed by atoms with van der Waals surface area (Å²) in [5.74, 6) is -5.14. The number of nitrogens with one attached hydrogen (secondary N) is 1. The van der Waals surface area contributed by atoms with E-state index in [-0.39, 0.29) is 18.1 Å². The molecule has 29 heavy (non-hydrogen) atoms. The first-order chi connectivity index (χ1) is 13.8. The number of benzene rings is 1. The minimum absolute atomic E-state index is 0.0124. The average Bonchev–Trinajstić information content (AvgIpc) is 3.01. The maximum Gasteiger partial charge on any atom is 0.310 e. The van der Waals surface area contributed by atoms with Crippen molar-refractivity contribution in [3.63, 3.8) is 0 Å². The summed E-state index contributed by atoms with van der Waals surface area (Å²) in [5, 5.41) is 7.14. The predicted molar refractivity (Wildman–Crippen MR) is 96.0 cm³/mol. The van der Waals surface area contributed by atoms with Gasteiger partial charge in [-0.3, -0.25) is 4.79 Å². The first-order valence-electron chi connectivity index (χ1n) is 8.49. The van der Waals surface area contributed by atoms with Crippen LogP contribution in [0.25, 0.3) is 0 Å². The highest BCUT2D eigenvalue weighted by atomic mass is 19.2. The highest BCUT2D eigenvalue weighted by Gasteiger charge is 2.15. The van der Waals surface area contributed by atoms with Crippen LogP contribution in [0, 0.1) is 30.2 Å². The summed E-state index contributed by atoms with van der Waals surface area (Å²) in [7, 11) is 1.53. The van der Waals surface area contributed by atoms with Crippen molar-refractivity contribution in [1.82, 2.24) is 19.3 Å². The number of aromatic nitrogens is 4. The predicted octanol–water partition coefficient (Wildman–Crippen LogP) is 2.74. The summed E-state index contributed by atoms with van der Waals surface area (Å²) in [6.07, 6.45) is 0.847. The molecule has 0 aliphatic rings. The standard InChI is InChI=1S/C18H17F4N5O2/c1-10-5-15(27(25-10)3-4-29-2)23-18-24-17(28)14(21)9-26(18)8-11-6-12(19)16(22)13(20)7-11/h5-7,9H,3-4,8H2,1-2H3,(H,23,24,28). The molecule has 0 atom stereocenters. The lowest BCUT2D eigenvalue weighted by molar-refractivity contribution is 0.184. The summed E-state index contributed by atoms with van der Waals surface area (Å²) in [6.45, 7) is 2.25. The molecule has 2 heterocycles. The van der Waals surface area contributed by atoms with Gasteiger partial charge in [-0.2, -0.15) is 14.5 Å². The summed E-state index contributed by atoms with van der Waals surface area (Å²) in [4.78, 5) is 15.3. The monoisotopic (exact) mass is 411 g/mol. The largest absolute Gasteiger partial charge is 0.383 e. The maximum absolute atomic E-state index is 13.8. The molecule has 0 amide bonds. The van der Waals surface area contributed by atoms with E-state index in [1.54, 1.807) is 17.7 Å². The molecule has 11 heteroatoms. The van der Waals surface area contributed by atoms with Gasteiger partial charge < -0.3 is 14.6 Å². The molecular formula is C18H17F4N5O2. The molecule has 0 spiro atoms. The fourth-order valence-corrected chi connectivity index (χ4v) is 2.69. The average molecular weight is 411 g/mol. The molecule has 0 fully saturated rings. The van der Waals surface area contributed by atoms with E-state index in [1.165, 1.54) is 7.11 Å². The van der Waals surface area contributed by atoms with E-state index in [4.69, 9.17) is 4.74 Å². The molecule has 2 aromatic heterocycles. The quantitative estimate of drug-likeness (QED) is 0.478. The van der Waals surface area contributed by atoms with Crippen LogP contribution in [0.15, 0.2) is 29.2 Å². The van der Waals surface area contributed by atoms with Crippen molar-refractivity contribution >= 4 is 11.8 Å². The second kappa shape index (κ2) is 8.43. The third-order valence-electron chi connectivity index (χ3n) is 4.00. The molecule has 7 nitrogen and oxygen atoms in total. The molecule has 1 aromatic carbocycles. The molecule has 1 N–H and O–H groups in total. The van der Waals surface area contributed by atoms with Crippen LogP contribution in [0.3, 0.4) is 0 Å². The Kier molecular flexibility index (Phi) is 5.97. The third kappa shape index (κ3) is 4.62. The van der Waals surface area contributed by atoms with Crippen LogP contribution >= 0.6 is 0 Å². The summed E-state index contributed by atoms with van der Waals surface area (Å²) in [6, 6.07) is 3.24. The molecule has 0 unspecified atom stereocenters. The van der Waals surface area contributed by atoms with Gasteiger partial charge in [0, 0.05) is 19.4 Å². The number of rotatable bonds is 7. The van der Waals surface area contributed by atoms with Gasteiger partial charge in [0.2, 0.25) is 11.8 Å². The van der Waals surface area contributed by atoms with E-state index in [1.807, 2.05) is 0 Å².